The molecule has 1 N–H and O–H groups in total. The SMILES string of the molecule is C=CC(=C(C)C)c1sc2cc(Nc3ccccc3)ccc2c1C=C. The van der Waals surface area contributed by atoms with Gasteiger partial charge in [-0.05, 0) is 43.7 Å². The Bertz CT molecular complexity index is 925. The number of anilines is 2. The Morgan fingerprint density at radius 3 is 2.38 bits per heavy atom. The Kier molecular flexibility index (Phi) is 4.68. The Labute approximate surface area is 147 Å². The highest BCUT2D eigenvalue weighted by Gasteiger charge is 2.13. The molecule has 2 heteroatoms. The topological polar surface area (TPSA) is 12.0 Å². The molecule has 1 aromatic heterocycles. The van der Waals surface area contributed by atoms with Gasteiger partial charge in [0.2, 0.25) is 0 Å². The molecule has 0 saturated carbocycles. The zero-order valence-electron chi connectivity index (χ0n) is 14.1. The van der Waals surface area contributed by atoms with Gasteiger partial charge in [0.05, 0.1) is 0 Å². The van der Waals surface area contributed by atoms with Crippen molar-refractivity contribution in [3.05, 3.63) is 83.8 Å². The lowest BCUT2D eigenvalue weighted by molar-refractivity contribution is 1.40. The van der Waals surface area contributed by atoms with Gasteiger partial charge in [-0.2, -0.15) is 0 Å². The van der Waals surface area contributed by atoms with Crippen molar-refractivity contribution in [2.75, 3.05) is 5.32 Å². The largest absolute Gasteiger partial charge is 0.355 e. The van der Waals surface area contributed by atoms with Crippen LogP contribution in [0.25, 0.3) is 21.7 Å². The van der Waals surface area contributed by atoms with E-state index in [0.717, 1.165) is 11.4 Å². The number of benzene rings is 2. The molecule has 0 atom stereocenters. The summed E-state index contributed by atoms with van der Waals surface area (Å²) in [6.45, 7) is 12.2. The van der Waals surface area contributed by atoms with Gasteiger partial charge < -0.3 is 5.32 Å². The Balaban J connectivity index is 2.09. The van der Waals surface area contributed by atoms with Gasteiger partial charge in [-0.15, -0.1) is 11.3 Å². The molecule has 3 rings (SSSR count). The number of rotatable bonds is 5. The van der Waals surface area contributed by atoms with E-state index in [1.54, 1.807) is 11.3 Å². The molecular formula is C22H21NS. The van der Waals surface area contributed by atoms with Crippen LogP contribution >= 0.6 is 11.3 Å². The van der Waals surface area contributed by atoms with Crippen LogP contribution in [0.4, 0.5) is 11.4 Å². The van der Waals surface area contributed by atoms with Crippen LogP contribution in [-0.4, -0.2) is 0 Å². The minimum Gasteiger partial charge on any atom is -0.355 e. The molecule has 0 amide bonds. The second-order valence-electron chi connectivity index (χ2n) is 5.87. The normalized spacial score (nSPS) is 10.4. The van der Waals surface area contributed by atoms with Crippen LogP contribution < -0.4 is 5.32 Å². The zero-order valence-corrected chi connectivity index (χ0v) is 14.9. The van der Waals surface area contributed by atoms with Crippen LogP contribution in [-0.2, 0) is 0 Å². The molecule has 0 radical (unpaired) electrons. The third kappa shape index (κ3) is 3.06. The summed E-state index contributed by atoms with van der Waals surface area (Å²) in [4.78, 5) is 1.24. The number of fused-ring (bicyclic) bond motifs is 1. The van der Waals surface area contributed by atoms with E-state index in [4.69, 9.17) is 0 Å². The van der Waals surface area contributed by atoms with Gasteiger partial charge in [0.15, 0.2) is 0 Å². The maximum atomic E-state index is 4.01. The third-order valence-corrected chi connectivity index (χ3v) is 5.18. The smallest absolute Gasteiger partial charge is 0.0426 e. The van der Waals surface area contributed by atoms with Crippen molar-refractivity contribution in [3.8, 4) is 0 Å². The fourth-order valence-corrected chi connectivity index (χ4v) is 4.20. The van der Waals surface area contributed by atoms with E-state index in [2.05, 4.69) is 62.7 Å². The Hall–Kier alpha value is -2.58. The van der Waals surface area contributed by atoms with Crippen molar-refractivity contribution in [3.63, 3.8) is 0 Å². The summed E-state index contributed by atoms with van der Waals surface area (Å²) in [7, 11) is 0. The van der Waals surface area contributed by atoms with Gasteiger partial charge in [0, 0.05) is 31.9 Å². The minimum atomic E-state index is 1.09. The lowest BCUT2D eigenvalue weighted by atomic mass is 10.0. The van der Waals surface area contributed by atoms with Gasteiger partial charge in [-0.25, -0.2) is 0 Å². The van der Waals surface area contributed by atoms with Gasteiger partial charge in [-0.3, -0.25) is 0 Å². The number of thiophene rings is 1. The molecule has 1 nitrogen and oxygen atoms in total. The second-order valence-corrected chi connectivity index (χ2v) is 6.92. The first-order chi connectivity index (χ1) is 11.6. The predicted molar refractivity (Wildman–Crippen MR) is 110 cm³/mol. The molecule has 0 aliphatic heterocycles. The third-order valence-electron chi connectivity index (χ3n) is 3.98. The van der Waals surface area contributed by atoms with Crippen LogP contribution in [0.3, 0.4) is 0 Å². The molecule has 0 fully saturated rings. The summed E-state index contributed by atoms with van der Waals surface area (Å²) >= 11 is 1.79. The Morgan fingerprint density at radius 1 is 1.00 bits per heavy atom. The molecule has 24 heavy (non-hydrogen) atoms. The highest BCUT2D eigenvalue weighted by molar-refractivity contribution is 7.20. The van der Waals surface area contributed by atoms with Gasteiger partial charge >= 0.3 is 0 Å². The van der Waals surface area contributed by atoms with Crippen molar-refractivity contribution in [1.29, 1.82) is 0 Å². The number of hydrogen-bond acceptors (Lipinski definition) is 2. The van der Waals surface area contributed by atoms with E-state index in [1.807, 2.05) is 30.4 Å². The van der Waals surface area contributed by atoms with E-state index in [1.165, 1.54) is 31.7 Å². The Morgan fingerprint density at radius 2 is 1.75 bits per heavy atom. The molecule has 1 heterocycles. The lowest BCUT2D eigenvalue weighted by Gasteiger charge is -2.06. The molecule has 0 aliphatic carbocycles. The molecule has 120 valence electrons. The van der Waals surface area contributed by atoms with Crippen LogP contribution in [0.15, 0.2) is 73.3 Å². The highest BCUT2D eigenvalue weighted by Crippen LogP contribution is 2.39. The second kappa shape index (κ2) is 6.90. The first-order valence-corrected chi connectivity index (χ1v) is 8.77. The summed E-state index contributed by atoms with van der Waals surface area (Å²) in [6.07, 6.45) is 3.89. The monoisotopic (exact) mass is 331 g/mol. The van der Waals surface area contributed by atoms with Crippen LogP contribution in [0.2, 0.25) is 0 Å². The molecule has 2 aromatic carbocycles. The molecule has 0 bridgehead atoms. The molecule has 0 aliphatic rings. The van der Waals surface area contributed by atoms with E-state index in [9.17, 15) is 0 Å². The molecule has 3 aromatic rings. The van der Waals surface area contributed by atoms with Gasteiger partial charge in [-0.1, -0.05) is 55.1 Å². The maximum Gasteiger partial charge on any atom is 0.0426 e. The number of hydrogen-bond donors (Lipinski definition) is 1. The van der Waals surface area contributed by atoms with E-state index in [0.29, 0.717) is 0 Å². The van der Waals surface area contributed by atoms with Crippen LogP contribution in [0, 0.1) is 0 Å². The number of allylic oxidation sites excluding steroid dienone is 3. The lowest BCUT2D eigenvalue weighted by Crippen LogP contribution is -1.88. The molecule has 0 spiro atoms. The van der Waals surface area contributed by atoms with Gasteiger partial charge in [0.25, 0.3) is 0 Å². The summed E-state index contributed by atoms with van der Waals surface area (Å²) in [5.74, 6) is 0. The predicted octanol–water partition coefficient (Wildman–Crippen LogP) is 7.27. The van der Waals surface area contributed by atoms with Crippen molar-refractivity contribution >= 4 is 44.4 Å². The van der Waals surface area contributed by atoms with Crippen molar-refractivity contribution in [1.82, 2.24) is 0 Å². The standard InChI is InChI=1S/C22H21NS/c1-5-18(15(3)4)22-19(6-2)20-13-12-17(14-21(20)24-22)23-16-10-8-7-9-11-16/h5-14,23H,1-2H2,3-4H3. The minimum absolute atomic E-state index is 1.09. The summed E-state index contributed by atoms with van der Waals surface area (Å²) in [5, 5.41) is 4.70. The summed E-state index contributed by atoms with van der Waals surface area (Å²) in [5.41, 5.74) is 5.84. The molecule has 0 saturated heterocycles. The van der Waals surface area contributed by atoms with Crippen LogP contribution in [0.1, 0.15) is 24.3 Å². The van der Waals surface area contributed by atoms with Crippen molar-refractivity contribution in [2.24, 2.45) is 0 Å². The first kappa shape index (κ1) is 16.3. The fourth-order valence-electron chi connectivity index (χ4n) is 2.81. The summed E-state index contributed by atoms with van der Waals surface area (Å²) < 4.78 is 1.25. The number of para-hydroxylation sites is 1. The van der Waals surface area contributed by atoms with Crippen LogP contribution in [0.5, 0.6) is 0 Å². The van der Waals surface area contributed by atoms with Crippen molar-refractivity contribution in [2.45, 2.75) is 13.8 Å². The number of nitrogens with one attached hydrogen (secondary N) is 1. The first-order valence-electron chi connectivity index (χ1n) is 7.95. The molecule has 0 unspecified atom stereocenters. The van der Waals surface area contributed by atoms with Gasteiger partial charge in [0.1, 0.15) is 0 Å². The van der Waals surface area contributed by atoms with E-state index >= 15 is 0 Å². The average molecular weight is 331 g/mol. The highest BCUT2D eigenvalue weighted by atomic mass is 32.1. The fraction of sp³-hybridized carbons (Fsp3) is 0.0909. The maximum absolute atomic E-state index is 4.01. The average Bonchev–Trinajstić information content (AvgIpc) is 2.93. The zero-order chi connectivity index (χ0) is 17.1. The van der Waals surface area contributed by atoms with E-state index < -0.39 is 0 Å². The van der Waals surface area contributed by atoms with Crippen molar-refractivity contribution < 1.29 is 0 Å². The molecular weight excluding hydrogens is 310 g/mol. The van der Waals surface area contributed by atoms with E-state index in [-0.39, 0.29) is 0 Å². The quantitative estimate of drug-likeness (QED) is 0.485. The summed E-state index contributed by atoms with van der Waals surface area (Å²) in [6, 6.07) is 16.7.